The highest BCUT2D eigenvalue weighted by atomic mass is 19.1. The van der Waals surface area contributed by atoms with Gasteiger partial charge in [-0.15, -0.1) is 0 Å². The molecule has 0 radical (unpaired) electrons. The fourth-order valence-corrected chi connectivity index (χ4v) is 1.05. The van der Waals surface area contributed by atoms with Gasteiger partial charge in [0.15, 0.2) is 0 Å². The average molecular weight is 161 g/mol. The van der Waals surface area contributed by atoms with Crippen LogP contribution in [0.4, 0.5) is 4.39 Å². The molecule has 0 saturated carbocycles. The Morgan fingerprint density at radius 1 is 1.27 bits per heavy atom. The Labute approximate surface area is 69.2 Å². The molecule has 1 unspecified atom stereocenters. The Morgan fingerprint density at radius 3 is 2.36 bits per heavy atom. The lowest BCUT2D eigenvalue weighted by Crippen LogP contribution is -2.20. The lowest BCUT2D eigenvalue weighted by atomic mass is 10.0. The van der Waals surface area contributed by atoms with Crippen LogP contribution in [0.15, 0.2) is 0 Å². The summed E-state index contributed by atoms with van der Waals surface area (Å²) in [6.07, 6.45) is 4.15. The molecule has 11 heavy (non-hydrogen) atoms. The topological polar surface area (TPSA) is 26.0 Å². The Hall–Kier alpha value is -0.110. The molecule has 0 spiro atoms. The monoisotopic (exact) mass is 161 g/mol. The first-order chi connectivity index (χ1) is 5.16. The van der Waals surface area contributed by atoms with Crippen LogP contribution in [0.1, 0.15) is 46.0 Å². The van der Waals surface area contributed by atoms with E-state index in [1.165, 1.54) is 12.8 Å². The van der Waals surface area contributed by atoms with Gasteiger partial charge in [-0.1, -0.05) is 19.8 Å². The van der Waals surface area contributed by atoms with Crippen LogP contribution in [0.3, 0.4) is 0 Å². The van der Waals surface area contributed by atoms with Crippen LogP contribution in [0.2, 0.25) is 0 Å². The normalized spacial score (nSPS) is 16.4. The van der Waals surface area contributed by atoms with Crippen LogP contribution in [0.5, 0.6) is 0 Å². The molecule has 0 aliphatic carbocycles. The largest absolute Gasteiger partial charge is 0.328 e. The highest BCUT2D eigenvalue weighted by Crippen LogP contribution is 2.07. The fourth-order valence-electron chi connectivity index (χ4n) is 1.05. The molecular weight excluding hydrogens is 141 g/mol. The minimum absolute atomic E-state index is 0.216. The number of alkyl halides is 1. The highest BCUT2D eigenvalue weighted by molar-refractivity contribution is 4.62. The quantitative estimate of drug-likeness (QED) is 0.636. The van der Waals surface area contributed by atoms with Crippen molar-refractivity contribution < 1.29 is 4.39 Å². The van der Waals surface area contributed by atoms with Gasteiger partial charge in [-0.05, 0) is 26.2 Å². The summed E-state index contributed by atoms with van der Waals surface area (Å²) in [4.78, 5) is 0. The highest BCUT2D eigenvalue weighted by Gasteiger charge is 2.04. The second-order valence-corrected chi connectivity index (χ2v) is 3.26. The van der Waals surface area contributed by atoms with Crippen LogP contribution in [-0.2, 0) is 0 Å². The zero-order valence-electron chi connectivity index (χ0n) is 7.65. The second kappa shape index (κ2) is 6.59. The Bertz CT molecular complexity index is 83.6. The number of rotatable bonds is 6. The zero-order valence-corrected chi connectivity index (χ0v) is 7.65. The number of hydrogen-bond donors (Lipinski definition) is 1. The van der Waals surface area contributed by atoms with Gasteiger partial charge in [0.1, 0.15) is 0 Å². The molecule has 0 bridgehead atoms. The lowest BCUT2D eigenvalue weighted by molar-refractivity contribution is 0.321. The van der Waals surface area contributed by atoms with Crippen molar-refractivity contribution in [2.45, 2.75) is 58.2 Å². The van der Waals surface area contributed by atoms with Crippen molar-refractivity contribution in [2.75, 3.05) is 0 Å². The van der Waals surface area contributed by atoms with Gasteiger partial charge in [0.2, 0.25) is 0 Å². The van der Waals surface area contributed by atoms with E-state index in [0.29, 0.717) is 6.42 Å². The van der Waals surface area contributed by atoms with E-state index in [1.54, 1.807) is 6.92 Å². The van der Waals surface area contributed by atoms with Crippen LogP contribution in [0, 0.1) is 0 Å². The van der Waals surface area contributed by atoms with E-state index in [0.717, 1.165) is 12.8 Å². The van der Waals surface area contributed by atoms with Crippen molar-refractivity contribution in [1.82, 2.24) is 0 Å². The molecule has 0 amide bonds. The molecule has 0 aromatic heterocycles. The summed E-state index contributed by atoms with van der Waals surface area (Å²) >= 11 is 0. The molecule has 2 heteroatoms. The first-order valence-electron chi connectivity index (χ1n) is 4.56. The van der Waals surface area contributed by atoms with Crippen LogP contribution >= 0.6 is 0 Å². The maximum Gasteiger partial charge on any atom is 0.0974 e. The van der Waals surface area contributed by atoms with Gasteiger partial charge >= 0.3 is 0 Å². The van der Waals surface area contributed by atoms with Gasteiger partial charge in [0, 0.05) is 6.04 Å². The van der Waals surface area contributed by atoms with Crippen LogP contribution in [0.25, 0.3) is 0 Å². The van der Waals surface area contributed by atoms with E-state index in [4.69, 9.17) is 5.73 Å². The summed E-state index contributed by atoms with van der Waals surface area (Å²) in [6, 6.07) is 0.216. The standard InChI is InChI=1S/C9H20FN/c1-3-4-5-9(11)7-6-8(2)10/h8-9H,3-7,11H2,1-2H3/t8-,9?/m0/s1. The molecule has 0 fully saturated rings. The maximum absolute atomic E-state index is 12.3. The summed E-state index contributed by atoms with van der Waals surface area (Å²) in [5, 5.41) is 0. The van der Waals surface area contributed by atoms with Gasteiger partial charge < -0.3 is 5.73 Å². The summed E-state index contributed by atoms with van der Waals surface area (Å²) in [5.41, 5.74) is 5.74. The molecule has 0 aromatic carbocycles. The molecule has 0 rings (SSSR count). The van der Waals surface area contributed by atoms with E-state index >= 15 is 0 Å². The third kappa shape index (κ3) is 7.79. The van der Waals surface area contributed by atoms with Crippen molar-refractivity contribution in [3.05, 3.63) is 0 Å². The summed E-state index contributed by atoms with van der Waals surface area (Å²) in [5.74, 6) is 0. The van der Waals surface area contributed by atoms with Crippen molar-refractivity contribution >= 4 is 0 Å². The lowest BCUT2D eigenvalue weighted by Gasteiger charge is -2.10. The molecule has 0 aliphatic heterocycles. The number of halogens is 1. The van der Waals surface area contributed by atoms with Gasteiger partial charge in [0.05, 0.1) is 6.17 Å². The van der Waals surface area contributed by atoms with E-state index in [2.05, 4.69) is 6.92 Å². The van der Waals surface area contributed by atoms with Gasteiger partial charge in [-0.2, -0.15) is 0 Å². The van der Waals surface area contributed by atoms with E-state index in [9.17, 15) is 4.39 Å². The van der Waals surface area contributed by atoms with Crippen molar-refractivity contribution in [3.8, 4) is 0 Å². The predicted octanol–water partition coefficient (Wildman–Crippen LogP) is 2.64. The molecule has 2 N–H and O–H groups in total. The van der Waals surface area contributed by atoms with E-state index in [1.807, 2.05) is 0 Å². The molecule has 0 saturated heterocycles. The summed E-state index contributed by atoms with van der Waals surface area (Å²) in [6.45, 7) is 3.73. The number of hydrogen-bond acceptors (Lipinski definition) is 1. The Morgan fingerprint density at radius 2 is 1.91 bits per heavy atom. The molecule has 68 valence electrons. The van der Waals surface area contributed by atoms with Crippen LogP contribution < -0.4 is 5.73 Å². The zero-order chi connectivity index (χ0) is 8.69. The van der Waals surface area contributed by atoms with Crippen molar-refractivity contribution in [1.29, 1.82) is 0 Å². The minimum Gasteiger partial charge on any atom is -0.328 e. The van der Waals surface area contributed by atoms with Gasteiger partial charge in [0.25, 0.3) is 0 Å². The van der Waals surface area contributed by atoms with E-state index in [-0.39, 0.29) is 6.04 Å². The predicted molar refractivity (Wildman–Crippen MR) is 47.3 cm³/mol. The summed E-state index contributed by atoms with van der Waals surface area (Å²) in [7, 11) is 0. The Kier molecular flexibility index (Phi) is 6.52. The molecule has 0 aliphatic rings. The minimum atomic E-state index is -0.692. The van der Waals surface area contributed by atoms with Crippen molar-refractivity contribution in [2.24, 2.45) is 5.73 Å². The van der Waals surface area contributed by atoms with Crippen molar-refractivity contribution in [3.63, 3.8) is 0 Å². The SMILES string of the molecule is CCCCC(N)CC[C@H](C)F. The fraction of sp³-hybridized carbons (Fsp3) is 1.00. The van der Waals surface area contributed by atoms with Gasteiger partial charge in [-0.3, -0.25) is 0 Å². The first kappa shape index (κ1) is 10.9. The second-order valence-electron chi connectivity index (χ2n) is 3.26. The maximum atomic E-state index is 12.3. The average Bonchev–Trinajstić information content (AvgIpc) is 1.97. The molecule has 2 atom stereocenters. The smallest absolute Gasteiger partial charge is 0.0974 e. The van der Waals surface area contributed by atoms with Gasteiger partial charge in [-0.25, -0.2) is 4.39 Å². The molecule has 1 nitrogen and oxygen atoms in total. The third-order valence-corrected chi connectivity index (χ3v) is 1.86. The number of nitrogens with two attached hydrogens (primary N) is 1. The first-order valence-corrected chi connectivity index (χ1v) is 4.56. The summed E-state index contributed by atoms with van der Waals surface area (Å²) < 4.78 is 12.3. The third-order valence-electron chi connectivity index (χ3n) is 1.86. The molecular formula is C9H20FN. The number of unbranched alkanes of at least 4 members (excludes halogenated alkanes) is 1. The Balaban J connectivity index is 3.15. The molecule has 0 aromatic rings. The molecule has 0 heterocycles. The van der Waals surface area contributed by atoms with Crippen LogP contribution in [-0.4, -0.2) is 12.2 Å². The van der Waals surface area contributed by atoms with E-state index < -0.39 is 6.17 Å².